The van der Waals surface area contributed by atoms with Crippen LogP contribution >= 0.6 is 0 Å². The standard InChI is InChI=1S/C6H13N3O3/c1-3-11-5(10)4(2)12-9-6(7)8/h4H,3H2,1-2H3,(H4,7,8,9). The van der Waals surface area contributed by atoms with Gasteiger partial charge in [0.15, 0.2) is 0 Å². The molecule has 0 saturated heterocycles. The van der Waals surface area contributed by atoms with E-state index in [1.807, 2.05) is 0 Å². The smallest absolute Gasteiger partial charge is 0.349 e. The van der Waals surface area contributed by atoms with Crippen LogP contribution < -0.4 is 11.5 Å². The maximum atomic E-state index is 10.9. The minimum atomic E-state index is -0.785. The van der Waals surface area contributed by atoms with Gasteiger partial charge in [-0.1, -0.05) is 0 Å². The van der Waals surface area contributed by atoms with E-state index in [0.29, 0.717) is 6.61 Å². The van der Waals surface area contributed by atoms with E-state index in [2.05, 4.69) is 14.7 Å². The molecule has 1 atom stereocenters. The molecule has 0 saturated carbocycles. The normalized spacial score (nSPS) is 11.5. The average Bonchev–Trinajstić information content (AvgIpc) is 2.00. The van der Waals surface area contributed by atoms with E-state index < -0.39 is 12.1 Å². The monoisotopic (exact) mass is 175 g/mol. The van der Waals surface area contributed by atoms with Gasteiger partial charge in [0.1, 0.15) is 0 Å². The number of oxime groups is 1. The van der Waals surface area contributed by atoms with Crippen LogP contribution in [0.1, 0.15) is 13.8 Å². The number of ether oxygens (including phenoxy) is 1. The Morgan fingerprint density at radius 1 is 1.58 bits per heavy atom. The fraction of sp³-hybridized carbons (Fsp3) is 0.667. The Hall–Kier alpha value is -1.46. The highest BCUT2D eigenvalue weighted by molar-refractivity contribution is 5.76. The number of esters is 1. The molecule has 6 nitrogen and oxygen atoms in total. The van der Waals surface area contributed by atoms with Crippen LogP contribution in [0.25, 0.3) is 0 Å². The van der Waals surface area contributed by atoms with Crippen LogP contribution in [-0.2, 0) is 14.4 Å². The molecule has 0 aliphatic rings. The van der Waals surface area contributed by atoms with Crippen LogP contribution in [0.3, 0.4) is 0 Å². The molecule has 6 heteroatoms. The van der Waals surface area contributed by atoms with Crippen LogP contribution in [0.4, 0.5) is 0 Å². The first kappa shape index (κ1) is 10.5. The van der Waals surface area contributed by atoms with Crippen molar-refractivity contribution in [1.82, 2.24) is 0 Å². The van der Waals surface area contributed by atoms with Crippen molar-refractivity contribution in [1.29, 1.82) is 0 Å². The van der Waals surface area contributed by atoms with Gasteiger partial charge in [0.2, 0.25) is 12.1 Å². The maximum Gasteiger partial charge on any atom is 0.349 e. The highest BCUT2D eigenvalue weighted by Crippen LogP contribution is 1.94. The largest absolute Gasteiger partial charge is 0.463 e. The van der Waals surface area contributed by atoms with Gasteiger partial charge in [-0.15, -0.1) is 0 Å². The van der Waals surface area contributed by atoms with Crippen LogP contribution in [0, 0.1) is 0 Å². The van der Waals surface area contributed by atoms with Gasteiger partial charge in [-0.25, -0.2) is 4.79 Å². The zero-order valence-corrected chi connectivity index (χ0v) is 7.11. The van der Waals surface area contributed by atoms with E-state index in [-0.39, 0.29) is 5.96 Å². The van der Waals surface area contributed by atoms with Crippen molar-refractivity contribution < 1.29 is 14.4 Å². The molecule has 0 heterocycles. The van der Waals surface area contributed by atoms with E-state index in [0.717, 1.165) is 0 Å². The second-order valence-corrected chi connectivity index (χ2v) is 2.02. The summed E-state index contributed by atoms with van der Waals surface area (Å²) in [6.07, 6.45) is -0.785. The third-order valence-corrected chi connectivity index (χ3v) is 0.935. The summed E-state index contributed by atoms with van der Waals surface area (Å²) in [5, 5.41) is 3.20. The number of hydrogen-bond donors (Lipinski definition) is 2. The zero-order valence-electron chi connectivity index (χ0n) is 7.11. The summed E-state index contributed by atoms with van der Waals surface area (Å²) in [6, 6.07) is 0. The number of carbonyl (C=O) groups excluding carboxylic acids is 1. The molecule has 1 unspecified atom stereocenters. The molecule has 0 amide bonds. The first-order valence-electron chi connectivity index (χ1n) is 3.49. The number of hydrogen-bond acceptors (Lipinski definition) is 4. The van der Waals surface area contributed by atoms with Crippen molar-refractivity contribution in [2.24, 2.45) is 16.6 Å². The Morgan fingerprint density at radius 2 is 2.17 bits per heavy atom. The molecular weight excluding hydrogens is 162 g/mol. The second-order valence-electron chi connectivity index (χ2n) is 2.02. The molecule has 0 aromatic rings. The number of rotatable bonds is 4. The van der Waals surface area contributed by atoms with Crippen molar-refractivity contribution >= 4 is 11.9 Å². The number of guanidine groups is 1. The van der Waals surface area contributed by atoms with E-state index in [4.69, 9.17) is 11.5 Å². The van der Waals surface area contributed by atoms with Gasteiger partial charge in [0.25, 0.3) is 0 Å². The molecule has 0 radical (unpaired) electrons. The SMILES string of the molecule is CCOC(=O)C(C)ON=C(N)N. The van der Waals surface area contributed by atoms with Gasteiger partial charge in [-0.2, -0.15) is 0 Å². The average molecular weight is 175 g/mol. The third kappa shape index (κ3) is 4.37. The van der Waals surface area contributed by atoms with Gasteiger partial charge >= 0.3 is 5.97 Å². The summed E-state index contributed by atoms with van der Waals surface area (Å²) >= 11 is 0. The Bertz CT molecular complexity index is 177. The molecule has 4 N–H and O–H groups in total. The van der Waals surface area contributed by atoms with Gasteiger partial charge in [-0.05, 0) is 19.0 Å². The van der Waals surface area contributed by atoms with Crippen LogP contribution in [0.2, 0.25) is 0 Å². The lowest BCUT2D eigenvalue weighted by molar-refractivity contribution is -0.155. The summed E-state index contributed by atoms with van der Waals surface area (Å²) < 4.78 is 4.62. The fourth-order valence-electron chi connectivity index (χ4n) is 0.443. The number of nitrogens with zero attached hydrogens (tertiary/aromatic N) is 1. The third-order valence-electron chi connectivity index (χ3n) is 0.935. The molecule has 0 bridgehead atoms. The Labute approximate surface area is 70.5 Å². The first-order valence-corrected chi connectivity index (χ1v) is 3.49. The first-order chi connectivity index (χ1) is 5.57. The fourth-order valence-corrected chi connectivity index (χ4v) is 0.443. The maximum absolute atomic E-state index is 10.9. The summed E-state index contributed by atoms with van der Waals surface area (Å²) in [5.74, 6) is -0.728. The minimum absolute atomic E-state index is 0.230. The molecule has 70 valence electrons. The van der Waals surface area contributed by atoms with E-state index >= 15 is 0 Å². The Kier molecular flexibility index (Phi) is 4.59. The summed E-state index contributed by atoms with van der Waals surface area (Å²) in [5.41, 5.74) is 9.93. The van der Waals surface area contributed by atoms with Gasteiger partial charge in [0, 0.05) is 0 Å². The Morgan fingerprint density at radius 3 is 2.58 bits per heavy atom. The van der Waals surface area contributed by atoms with E-state index in [9.17, 15) is 4.79 Å². The number of nitrogens with two attached hydrogens (primary N) is 2. The predicted molar refractivity (Wildman–Crippen MR) is 43.0 cm³/mol. The van der Waals surface area contributed by atoms with Crippen molar-refractivity contribution in [2.75, 3.05) is 6.61 Å². The molecule has 0 spiro atoms. The van der Waals surface area contributed by atoms with E-state index in [1.54, 1.807) is 6.92 Å². The lowest BCUT2D eigenvalue weighted by Gasteiger charge is -2.07. The highest BCUT2D eigenvalue weighted by Gasteiger charge is 2.14. The topological polar surface area (TPSA) is 99.9 Å². The van der Waals surface area contributed by atoms with Gasteiger partial charge < -0.3 is 21.0 Å². The van der Waals surface area contributed by atoms with E-state index in [1.165, 1.54) is 6.92 Å². The Balaban J connectivity index is 3.79. The van der Waals surface area contributed by atoms with Crippen LogP contribution in [0.5, 0.6) is 0 Å². The lowest BCUT2D eigenvalue weighted by Crippen LogP contribution is -2.26. The molecule has 0 aliphatic heterocycles. The van der Waals surface area contributed by atoms with Gasteiger partial charge in [-0.3, -0.25) is 0 Å². The number of carbonyl (C=O) groups is 1. The van der Waals surface area contributed by atoms with Gasteiger partial charge in [0.05, 0.1) is 6.61 Å². The molecule has 0 aliphatic carbocycles. The lowest BCUT2D eigenvalue weighted by atomic mass is 10.4. The predicted octanol–water partition coefficient (Wildman–Crippen LogP) is -0.857. The molecule has 0 aromatic carbocycles. The zero-order chi connectivity index (χ0) is 9.56. The second kappa shape index (κ2) is 5.22. The van der Waals surface area contributed by atoms with Crippen LogP contribution in [0.15, 0.2) is 5.16 Å². The van der Waals surface area contributed by atoms with Crippen molar-refractivity contribution in [3.8, 4) is 0 Å². The molecule has 0 rings (SSSR count). The summed E-state index contributed by atoms with van der Waals surface area (Å²) in [7, 11) is 0. The minimum Gasteiger partial charge on any atom is -0.463 e. The highest BCUT2D eigenvalue weighted by atomic mass is 16.7. The molecule has 0 fully saturated rings. The quantitative estimate of drug-likeness (QED) is 0.251. The van der Waals surface area contributed by atoms with Crippen molar-refractivity contribution in [3.63, 3.8) is 0 Å². The summed E-state index contributed by atoms with van der Waals surface area (Å²) in [6.45, 7) is 3.49. The van der Waals surface area contributed by atoms with Crippen LogP contribution in [-0.4, -0.2) is 24.6 Å². The van der Waals surface area contributed by atoms with Crippen molar-refractivity contribution in [2.45, 2.75) is 20.0 Å². The molecule has 0 aromatic heterocycles. The summed E-state index contributed by atoms with van der Waals surface area (Å²) in [4.78, 5) is 15.4. The molecular formula is C6H13N3O3. The van der Waals surface area contributed by atoms with Crippen molar-refractivity contribution in [3.05, 3.63) is 0 Å². The molecule has 12 heavy (non-hydrogen) atoms.